The van der Waals surface area contributed by atoms with Gasteiger partial charge in [-0.05, 0) is 12.8 Å². The van der Waals surface area contributed by atoms with Crippen LogP contribution in [0.1, 0.15) is 12.8 Å². The molecular weight excluding hydrogens is 232 g/mol. The number of rotatable bonds is 1. The highest BCUT2D eigenvalue weighted by atomic mass is 127. The van der Waals surface area contributed by atoms with Gasteiger partial charge < -0.3 is 0 Å². The number of nitrogens with zero attached hydrogens (tertiary/aromatic N) is 1. The van der Waals surface area contributed by atoms with Crippen LogP contribution >= 0.6 is 22.9 Å². The molecule has 0 spiro atoms. The van der Waals surface area contributed by atoms with Crippen LogP contribution in [-0.4, -0.2) is 22.9 Å². The SMILES string of the molecule is FC[C@@H]1CCCN(I)C1. The molecule has 0 N–H and O–H groups in total. The minimum atomic E-state index is -0.139. The van der Waals surface area contributed by atoms with E-state index in [0.29, 0.717) is 5.92 Å². The molecule has 0 unspecified atom stereocenters. The number of halogens is 2. The van der Waals surface area contributed by atoms with E-state index in [2.05, 4.69) is 26.0 Å². The standard InChI is InChI=1S/C6H11FIN/c7-4-6-2-1-3-9(8)5-6/h6H,1-5H2/t6-/m0/s1. The number of hydrogen-bond donors (Lipinski definition) is 0. The molecule has 0 saturated carbocycles. The van der Waals surface area contributed by atoms with Gasteiger partial charge >= 0.3 is 0 Å². The summed E-state index contributed by atoms with van der Waals surface area (Å²) >= 11 is 2.26. The highest BCUT2D eigenvalue weighted by Gasteiger charge is 2.16. The molecule has 3 heteroatoms. The van der Waals surface area contributed by atoms with Crippen LogP contribution < -0.4 is 0 Å². The molecule has 0 aliphatic carbocycles. The predicted molar refractivity (Wildman–Crippen MR) is 44.3 cm³/mol. The first-order valence-electron chi connectivity index (χ1n) is 3.29. The van der Waals surface area contributed by atoms with Gasteiger partial charge in [-0.1, -0.05) is 0 Å². The zero-order chi connectivity index (χ0) is 6.69. The van der Waals surface area contributed by atoms with Gasteiger partial charge in [-0.2, -0.15) is 0 Å². The third kappa shape index (κ3) is 2.37. The Morgan fingerprint density at radius 3 is 2.89 bits per heavy atom. The van der Waals surface area contributed by atoms with E-state index in [1.165, 1.54) is 0 Å². The molecule has 0 aromatic carbocycles. The zero-order valence-electron chi connectivity index (χ0n) is 5.32. The van der Waals surface area contributed by atoms with Gasteiger partial charge in [-0.3, -0.25) is 4.39 Å². The summed E-state index contributed by atoms with van der Waals surface area (Å²) in [5.74, 6) is 0.315. The molecule has 1 heterocycles. The van der Waals surface area contributed by atoms with E-state index < -0.39 is 0 Å². The maximum atomic E-state index is 12.0. The maximum absolute atomic E-state index is 12.0. The molecule has 0 bridgehead atoms. The number of alkyl halides is 1. The van der Waals surface area contributed by atoms with E-state index in [0.717, 1.165) is 25.9 Å². The highest BCUT2D eigenvalue weighted by Crippen LogP contribution is 2.18. The molecular formula is C6H11FIN. The molecule has 1 rings (SSSR count). The van der Waals surface area contributed by atoms with Crippen molar-refractivity contribution in [3.05, 3.63) is 0 Å². The lowest BCUT2D eigenvalue weighted by molar-refractivity contribution is 0.250. The molecule has 0 aromatic rings. The Kier molecular flexibility index (Phi) is 3.18. The second-order valence-corrected chi connectivity index (χ2v) is 3.90. The Labute approximate surface area is 69.1 Å². The Morgan fingerprint density at radius 1 is 1.67 bits per heavy atom. The summed E-state index contributed by atoms with van der Waals surface area (Å²) in [5, 5.41) is 0. The summed E-state index contributed by atoms with van der Waals surface area (Å²) in [4.78, 5) is 0. The van der Waals surface area contributed by atoms with Gasteiger partial charge in [-0.15, -0.1) is 0 Å². The molecule has 1 fully saturated rings. The minimum Gasteiger partial charge on any atom is -0.251 e. The van der Waals surface area contributed by atoms with E-state index in [1.807, 2.05) is 0 Å². The quantitative estimate of drug-likeness (QED) is 0.503. The van der Waals surface area contributed by atoms with Crippen LogP contribution in [0.4, 0.5) is 4.39 Å². The summed E-state index contributed by atoms with van der Waals surface area (Å²) in [7, 11) is 0. The fourth-order valence-electron chi connectivity index (χ4n) is 1.14. The van der Waals surface area contributed by atoms with Crippen LogP contribution in [0.3, 0.4) is 0 Å². The van der Waals surface area contributed by atoms with Gasteiger partial charge in [0, 0.05) is 41.9 Å². The monoisotopic (exact) mass is 243 g/mol. The molecule has 0 aromatic heterocycles. The van der Waals surface area contributed by atoms with Crippen molar-refractivity contribution in [3.8, 4) is 0 Å². The van der Waals surface area contributed by atoms with E-state index in [1.54, 1.807) is 0 Å². The fraction of sp³-hybridized carbons (Fsp3) is 1.00. The third-order valence-corrected chi connectivity index (χ3v) is 2.56. The normalized spacial score (nSPS) is 30.7. The molecule has 1 atom stereocenters. The second kappa shape index (κ2) is 3.71. The molecule has 1 nitrogen and oxygen atoms in total. The topological polar surface area (TPSA) is 3.24 Å². The summed E-state index contributed by atoms with van der Waals surface area (Å²) in [6.45, 7) is 1.94. The predicted octanol–water partition coefficient (Wildman–Crippen LogP) is 2.02. The van der Waals surface area contributed by atoms with Gasteiger partial charge in [0.2, 0.25) is 0 Å². The van der Waals surface area contributed by atoms with Crippen LogP contribution in [0.15, 0.2) is 0 Å². The Morgan fingerprint density at radius 2 is 2.44 bits per heavy atom. The first-order chi connectivity index (χ1) is 4.33. The van der Waals surface area contributed by atoms with E-state index in [-0.39, 0.29) is 6.67 Å². The van der Waals surface area contributed by atoms with Crippen molar-refractivity contribution in [2.45, 2.75) is 12.8 Å². The van der Waals surface area contributed by atoms with Crippen LogP contribution in [0.25, 0.3) is 0 Å². The zero-order valence-corrected chi connectivity index (χ0v) is 7.47. The van der Waals surface area contributed by atoms with Gasteiger partial charge in [0.15, 0.2) is 0 Å². The number of piperidine rings is 1. The van der Waals surface area contributed by atoms with Crippen molar-refractivity contribution in [1.82, 2.24) is 3.11 Å². The molecule has 1 aliphatic rings. The molecule has 0 amide bonds. The third-order valence-electron chi connectivity index (χ3n) is 1.69. The van der Waals surface area contributed by atoms with Crippen molar-refractivity contribution in [2.75, 3.05) is 19.8 Å². The molecule has 54 valence electrons. The van der Waals surface area contributed by atoms with Gasteiger partial charge in [0.1, 0.15) is 0 Å². The minimum absolute atomic E-state index is 0.139. The first kappa shape index (κ1) is 7.72. The van der Waals surface area contributed by atoms with Gasteiger partial charge in [0.25, 0.3) is 0 Å². The average Bonchev–Trinajstić information content (AvgIpc) is 1.88. The van der Waals surface area contributed by atoms with Crippen LogP contribution in [0, 0.1) is 5.92 Å². The lowest BCUT2D eigenvalue weighted by atomic mass is 10.0. The highest BCUT2D eigenvalue weighted by molar-refractivity contribution is 14.1. The Bertz CT molecular complexity index is 89.1. The summed E-state index contributed by atoms with van der Waals surface area (Å²) < 4.78 is 14.2. The van der Waals surface area contributed by atoms with Crippen molar-refractivity contribution in [1.29, 1.82) is 0 Å². The van der Waals surface area contributed by atoms with Crippen molar-refractivity contribution in [3.63, 3.8) is 0 Å². The van der Waals surface area contributed by atoms with Gasteiger partial charge in [0.05, 0.1) is 6.67 Å². The molecule has 0 radical (unpaired) electrons. The smallest absolute Gasteiger partial charge is 0.0935 e. The van der Waals surface area contributed by atoms with Gasteiger partial charge in [-0.25, -0.2) is 3.11 Å². The van der Waals surface area contributed by atoms with E-state index >= 15 is 0 Å². The summed E-state index contributed by atoms with van der Waals surface area (Å²) in [5.41, 5.74) is 0. The Hall–Kier alpha value is 0.620. The van der Waals surface area contributed by atoms with E-state index in [9.17, 15) is 4.39 Å². The lowest BCUT2D eigenvalue weighted by Gasteiger charge is -2.25. The second-order valence-electron chi connectivity index (χ2n) is 2.53. The van der Waals surface area contributed by atoms with Crippen molar-refractivity contribution >= 4 is 22.9 Å². The van der Waals surface area contributed by atoms with Crippen molar-refractivity contribution in [2.24, 2.45) is 5.92 Å². The fourth-order valence-corrected chi connectivity index (χ4v) is 2.04. The molecule has 1 aliphatic heterocycles. The summed E-state index contributed by atoms with van der Waals surface area (Å²) in [6, 6.07) is 0. The first-order valence-corrected chi connectivity index (χ1v) is 4.26. The lowest BCUT2D eigenvalue weighted by Crippen LogP contribution is -2.28. The van der Waals surface area contributed by atoms with Crippen LogP contribution in [0.5, 0.6) is 0 Å². The van der Waals surface area contributed by atoms with Crippen LogP contribution in [0.2, 0.25) is 0 Å². The summed E-state index contributed by atoms with van der Waals surface area (Å²) in [6.07, 6.45) is 2.24. The number of hydrogen-bond acceptors (Lipinski definition) is 1. The average molecular weight is 243 g/mol. The Balaban J connectivity index is 2.23. The van der Waals surface area contributed by atoms with Crippen LogP contribution in [-0.2, 0) is 0 Å². The maximum Gasteiger partial charge on any atom is 0.0935 e. The van der Waals surface area contributed by atoms with Crippen molar-refractivity contribution < 1.29 is 4.39 Å². The largest absolute Gasteiger partial charge is 0.251 e. The molecule has 1 saturated heterocycles. The molecule has 9 heavy (non-hydrogen) atoms. The van der Waals surface area contributed by atoms with E-state index in [4.69, 9.17) is 0 Å².